The highest BCUT2D eigenvalue weighted by atomic mass is 32.2. The van der Waals surface area contributed by atoms with E-state index < -0.39 is 15.1 Å². The largest absolute Gasteiger partial charge is 0.349 e. The van der Waals surface area contributed by atoms with E-state index in [0.29, 0.717) is 29.1 Å². The van der Waals surface area contributed by atoms with Crippen LogP contribution in [0, 0.1) is 0 Å². The Kier molecular flexibility index (Phi) is 6.25. The van der Waals surface area contributed by atoms with E-state index in [-0.39, 0.29) is 35.4 Å². The molecular weight excluding hydrogens is 434 g/mol. The third-order valence-electron chi connectivity index (χ3n) is 5.77. The van der Waals surface area contributed by atoms with Crippen LogP contribution in [0.2, 0.25) is 0 Å². The lowest BCUT2D eigenvalue weighted by Gasteiger charge is -2.29. The van der Waals surface area contributed by atoms with Crippen LogP contribution in [0.15, 0.2) is 35.4 Å². The molecule has 0 unspecified atom stereocenters. The number of hydrogen-bond acceptors (Lipinski definition) is 6. The van der Waals surface area contributed by atoms with Gasteiger partial charge in [-0.2, -0.15) is 0 Å². The molecule has 7 nitrogen and oxygen atoms in total. The highest BCUT2D eigenvalue weighted by Gasteiger charge is 2.35. The zero-order chi connectivity index (χ0) is 22.2. The maximum absolute atomic E-state index is 13.1. The van der Waals surface area contributed by atoms with E-state index in [1.54, 1.807) is 17.9 Å². The summed E-state index contributed by atoms with van der Waals surface area (Å²) in [6.07, 6.45) is 2.50. The number of carbonyl (C=O) groups excluding carboxylic acids is 2. The lowest BCUT2D eigenvalue weighted by Crippen LogP contribution is -2.44. The van der Waals surface area contributed by atoms with Gasteiger partial charge in [0.25, 0.3) is 5.91 Å². The van der Waals surface area contributed by atoms with Crippen molar-refractivity contribution >= 4 is 44.3 Å². The Morgan fingerprint density at radius 1 is 1.26 bits per heavy atom. The van der Waals surface area contributed by atoms with Crippen molar-refractivity contribution in [2.24, 2.45) is 0 Å². The van der Waals surface area contributed by atoms with Crippen molar-refractivity contribution in [1.82, 2.24) is 15.2 Å². The van der Waals surface area contributed by atoms with Gasteiger partial charge in [0, 0.05) is 24.0 Å². The van der Waals surface area contributed by atoms with E-state index in [2.05, 4.69) is 10.3 Å². The van der Waals surface area contributed by atoms with Crippen LogP contribution in [0.5, 0.6) is 0 Å². The van der Waals surface area contributed by atoms with Gasteiger partial charge in [-0.3, -0.25) is 9.59 Å². The quantitative estimate of drug-likeness (QED) is 0.637. The molecule has 2 aliphatic rings. The average Bonchev–Trinajstić information content (AvgIpc) is 3.48. The number of para-hydroxylation sites is 1. The number of nitrogens with zero attached hydrogens (tertiary/aromatic N) is 2. The predicted molar refractivity (Wildman–Crippen MR) is 122 cm³/mol. The van der Waals surface area contributed by atoms with E-state index in [4.69, 9.17) is 0 Å². The fourth-order valence-corrected chi connectivity index (χ4v) is 6.64. The van der Waals surface area contributed by atoms with Crippen molar-refractivity contribution in [3.05, 3.63) is 35.9 Å². The number of hydrogen-bond donors (Lipinski definition) is 1. The number of aromatic nitrogens is 1. The summed E-state index contributed by atoms with van der Waals surface area (Å²) >= 11 is 1.30. The number of carbonyl (C=O) groups is 2. The number of thioether (sulfide) groups is 1. The van der Waals surface area contributed by atoms with Crippen LogP contribution in [-0.2, 0) is 14.6 Å². The SMILES string of the molecule is CCN(C(=O)[C@@H](C)Sc1cc(C(=O)NC2CC2)c2ccccc2n1)[C@@H]1CCS(=O)(=O)C1. The van der Waals surface area contributed by atoms with Gasteiger partial charge in [0.1, 0.15) is 0 Å². The number of sulfone groups is 1. The van der Waals surface area contributed by atoms with Gasteiger partial charge in [-0.15, -0.1) is 0 Å². The molecule has 31 heavy (non-hydrogen) atoms. The van der Waals surface area contributed by atoms with Crippen molar-refractivity contribution in [2.75, 3.05) is 18.1 Å². The maximum atomic E-state index is 13.1. The van der Waals surface area contributed by atoms with Crippen molar-refractivity contribution in [3.8, 4) is 0 Å². The molecule has 2 fully saturated rings. The Morgan fingerprint density at radius 2 is 2.00 bits per heavy atom. The molecule has 166 valence electrons. The molecule has 9 heteroatoms. The van der Waals surface area contributed by atoms with Crippen molar-refractivity contribution in [3.63, 3.8) is 0 Å². The fraction of sp³-hybridized carbons (Fsp3) is 0.500. The van der Waals surface area contributed by atoms with Gasteiger partial charge in [-0.05, 0) is 45.2 Å². The number of rotatable bonds is 7. The highest BCUT2D eigenvalue weighted by molar-refractivity contribution is 8.00. The second kappa shape index (κ2) is 8.78. The fourth-order valence-electron chi connectivity index (χ4n) is 3.97. The maximum Gasteiger partial charge on any atom is 0.252 e. The van der Waals surface area contributed by atoms with E-state index in [1.807, 2.05) is 31.2 Å². The van der Waals surface area contributed by atoms with Crippen LogP contribution in [-0.4, -0.2) is 65.5 Å². The second-order valence-electron chi connectivity index (χ2n) is 8.21. The Balaban J connectivity index is 1.55. The van der Waals surface area contributed by atoms with Gasteiger partial charge in [-0.25, -0.2) is 13.4 Å². The first-order valence-electron chi connectivity index (χ1n) is 10.7. The monoisotopic (exact) mass is 461 g/mol. The Hall–Kier alpha value is -2.13. The summed E-state index contributed by atoms with van der Waals surface area (Å²) < 4.78 is 23.7. The molecule has 1 saturated carbocycles. The standard InChI is InChI=1S/C22H27N3O4S2/c1-3-25(16-10-11-31(28,29)13-16)22(27)14(2)30-20-12-18(21(26)23-15-8-9-15)17-6-4-5-7-19(17)24-20/h4-7,12,14-16H,3,8-11,13H2,1-2H3,(H,23,26)/t14-,16-/m1/s1. The number of pyridine rings is 1. The van der Waals surface area contributed by atoms with E-state index in [1.165, 1.54) is 11.8 Å². The molecule has 0 radical (unpaired) electrons. The molecular formula is C22H27N3O4S2. The van der Waals surface area contributed by atoms with E-state index in [9.17, 15) is 18.0 Å². The molecule has 1 saturated heterocycles. The molecule has 2 aromatic rings. The zero-order valence-corrected chi connectivity index (χ0v) is 19.3. The molecule has 2 heterocycles. The van der Waals surface area contributed by atoms with Crippen LogP contribution >= 0.6 is 11.8 Å². The van der Waals surface area contributed by atoms with E-state index >= 15 is 0 Å². The van der Waals surface area contributed by atoms with Gasteiger partial charge in [0.2, 0.25) is 5.91 Å². The summed E-state index contributed by atoms with van der Waals surface area (Å²) in [7, 11) is -3.07. The van der Waals surface area contributed by atoms with E-state index in [0.717, 1.165) is 18.2 Å². The van der Waals surface area contributed by atoms with Crippen molar-refractivity contribution in [2.45, 2.75) is 55.5 Å². The molecule has 2 amide bonds. The first-order valence-corrected chi connectivity index (χ1v) is 13.4. The molecule has 1 aromatic carbocycles. The second-order valence-corrected chi connectivity index (χ2v) is 11.8. The lowest BCUT2D eigenvalue weighted by molar-refractivity contribution is -0.131. The van der Waals surface area contributed by atoms with Crippen molar-refractivity contribution < 1.29 is 18.0 Å². The van der Waals surface area contributed by atoms with Crippen LogP contribution in [0.25, 0.3) is 10.9 Å². The first kappa shape index (κ1) is 22.1. The predicted octanol–water partition coefficient (Wildman–Crippen LogP) is 2.64. The normalized spacial score (nSPS) is 21.0. The van der Waals surface area contributed by atoms with Crippen LogP contribution in [0.1, 0.15) is 43.5 Å². The number of amides is 2. The smallest absolute Gasteiger partial charge is 0.252 e. The summed E-state index contributed by atoms with van der Waals surface area (Å²) in [5, 5.41) is 3.98. The van der Waals surface area contributed by atoms with Gasteiger partial charge < -0.3 is 10.2 Å². The minimum Gasteiger partial charge on any atom is -0.349 e. The molecule has 1 aliphatic carbocycles. The minimum atomic E-state index is -3.07. The Bertz CT molecular complexity index is 1110. The number of nitrogens with one attached hydrogen (secondary N) is 1. The minimum absolute atomic E-state index is 0.0314. The summed E-state index contributed by atoms with van der Waals surface area (Å²) in [6.45, 7) is 4.14. The summed E-state index contributed by atoms with van der Waals surface area (Å²) in [5.41, 5.74) is 1.27. The van der Waals surface area contributed by atoms with Gasteiger partial charge in [-0.1, -0.05) is 30.0 Å². The molecule has 0 spiro atoms. The third-order valence-corrected chi connectivity index (χ3v) is 8.52. The third kappa shape index (κ3) is 5.03. The molecule has 1 aromatic heterocycles. The van der Waals surface area contributed by atoms with Crippen LogP contribution in [0.4, 0.5) is 0 Å². The molecule has 2 atom stereocenters. The van der Waals surface area contributed by atoms with Gasteiger partial charge in [0.15, 0.2) is 9.84 Å². The topological polar surface area (TPSA) is 96.4 Å². The number of benzene rings is 1. The lowest BCUT2D eigenvalue weighted by atomic mass is 10.1. The summed E-state index contributed by atoms with van der Waals surface area (Å²) in [5.74, 6) is -0.0555. The Morgan fingerprint density at radius 3 is 2.65 bits per heavy atom. The molecule has 0 bridgehead atoms. The van der Waals surface area contributed by atoms with Crippen LogP contribution < -0.4 is 5.32 Å². The highest BCUT2D eigenvalue weighted by Crippen LogP contribution is 2.30. The van der Waals surface area contributed by atoms with Crippen LogP contribution in [0.3, 0.4) is 0 Å². The molecule has 1 N–H and O–H groups in total. The number of fused-ring (bicyclic) bond motifs is 1. The summed E-state index contributed by atoms with van der Waals surface area (Å²) in [4.78, 5) is 32.2. The zero-order valence-electron chi connectivity index (χ0n) is 17.7. The molecule has 4 rings (SSSR count). The average molecular weight is 462 g/mol. The van der Waals surface area contributed by atoms with Gasteiger partial charge in [0.05, 0.1) is 32.9 Å². The summed E-state index contributed by atoms with van der Waals surface area (Å²) in [6, 6.07) is 9.23. The molecule has 1 aliphatic heterocycles. The first-order chi connectivity index (χ1) is 14.8. The van der Waals surface area contributed by atoms with Gasteiger partial charge >= 0.3 is 0 Å². The Labute approximate surface area is 186 Å². The van der Waals surface area contributed by atoms with Crippen molar-refractivity contribution in [1.29, 1.82) is 0 Å².